The number of non-ortho nitro benzene ring substituents is 1. The summed E-state index contributed by atoms with van der Waals surface area (Å²) in [4.78, 5) is 33.7. The highest BCUT2D eigenvalue weighted by atomic mass is 19.1. The summed E-state index contributed by atoms with van der Waals surface area (Å²) in [5.41, 5.74) is 6.46. The summed E-state index contributed by atoms with van der Waals surface area (Å²) in [5.74, 6) is -1.56. The fraction of sp³-hybridized carbons (Fsp3) is 0.176. The lowest BCUT2D eigenvalue weighted by Crippen LogP contribution is -2.46. The number of carbonyl (C=O) groups is 2. The molecule has 0 bridgehead atoms. The molecule has 0 aliphatic rings. The zero-order chi connectivity index (χ0) is 18.4. The third kappa shape index (κ3) is 5.38. The van der Waals surface area contributed by atoms with Crippen molar-refractivity contribution in [2.45, 2.75) is 18.9 Å². The lowest BCUT2D eigenvalue weighted by Gasteiger charge is -2.15. The molecule has 0 spiro atoms. The van der Waals surface area contributed by atoms with Crippen LogP contribution in [0.25, 0.3) is 0 Å². The molecule has 7 nitrogen and oxygen atoms in total. The highest BCUT2D eigenvalue weighted by Crippen LogP contribution is 2.13. The van der Waals surface area contributed by atoms with Gasteiger partial charge in [-0.15, -0.1) is 0 Å². The Kier molecular flexibility index (Phi) is 5.78. The van der Waals surface area contributed by atoms with E-state index in [4.69, 9.17) is 5.73 Å². The van der Waals surface area contributed by atoms with Crippen LogP contribution in [0.2, 0.25) is 0 Å². The largest absolute Gasteiger partial charge is 0.368 e. The van der Waals surface area contributed by atoms with Crippen LogP contribution >= 0.6 is 0 Å². The van der Waals surface area contributed by atoms with E-state index in [9.17, 15) is 24.1 Å². The van der Waals surface area contributed by atoms with E-state index in [-0.39, 0.29) is 18.5 Å². The molecule has 0 heterocycles. The van der Waals surface area contributed by atoms with Crippen molar-refractivity contribution in [2.75, 3.05) is 0 Å². The van der Waals surface area contributed by atoms with Crippen LogP contribution < -0.4 is 11.1 Å². The fourth-order valence-electron chi connectivity index (χ4n) is 2.25. The fourth-order valence-corrected chi connectivity index (χ4v) is 2.25. The van der Waals surface area contributed by atoms with Gasteiger partial charge in [-0.25, -0.2) is 4.39 Å². The van der Waals surface area contributed by atoms with Crippen molar-refractivity contribution in [3.05, 3.63) is 75.6 Å². The predicted octanol–water partition coefficient (Wildman–Crippen LogP) is 1.49. The average Bonchev–Trinajstić information content (AvgIpc) is 2.56. The zero-order valence-corrected chi connectivity index (χ0v) is 13.1. The van der Waals surface area contributed by atoms with Gasteiger partial charge in [0.15, 0.2) is 0 Å². The van der Waals surface area contributed by atoms with Crippen molar-refractivity contribution in [3.63, 3.8) is 0 Å². The highest BCUT2D eigenvalue weighted by molar-refractivity contribution is 5.87. The average molecular weight is 345 g/mol. The van der Waals surface area contributed by atoms with Gasteiger partial charge in [-0.3, -0.25) is 19.7 Å². The number of nitrogens with two attached hydrogens (primary N) is 1. The summed E-state index contributed by atoms with van der Waals surface area (Å²) in [5, 5.41) is 13.2. The normalized spacial score (nSPS) is 11.6. The molecule has 2 aromatic carbocycles. The molecule has 3 N–H and O–H groups in total. The van der Waals surface area contributed by atoms with Gasteiger partial charge in [-0.05, 0) is 23.3 Å². The number of amides is 2. The molecule has 2 rings (SSSR count). The second-order valence-corrected chi connectivity index (χ2v) is 5.45. The van der Waals surface area contributed by atoms with Gasteiger partial charge in [-0.1, -0.05) is 24.3 Å². The van der Waals surface area contributed by atoms with E-state index in [2.05, 4.69) is 5.32 Å². The number of nitro groups is 1. The van der Waals surface area contributed by atoms with Gasteiger partial charge in [0.1, 0.15) is 11.9 Å². The highest BCUT2D eigenvalue weighted by Gasteiger charge is 2.19. The van der Waals surface area contributed by atoms with Gasteiger partial charge in [0.2, 0.25) is 11.8 Å². The first-order chi connectivity index (χ1) is 11.8. The second kappa shape index (κ2) is 8.00. The summed E-state index contributed by atoms with van der Waals surface area (Å²) in [6.07, 6.45) is 0.0901. The van der Waals surface area contributed by atoms with Crippen molar-refractivity contribution in [2.24, 2.45) is 5.73 Å². The van der Waals surface area contributed by atoms with Crippen LogP contribution in [0.15, 0.2) is 48.5 Å². The van der Waals surface area contributed by atoms with E-state index in [0.29, 0.717) is 11.1 Å². The van der Waals surface area contributed by atoms with Crippen LogP contribution in [0.3, 0.4) is 0 Å². The maximum Gasteiger partial charge on any atom is 0.269 e. The maximum atomic E-state index is 12.9. The van der Waals surface area contributed by atoms with Crippen LogP contribution in [-0.2, 0) is 22.4 Å². The smallest absolute Gasteiger partial charge is 0.269 e. The molecule has 8 heteroatoms. The lowest BCUT2D eigenvalue weighted by atomic mass is 10.0. The minimum atomic E-state index is -0.950. The van der Waals surface area contributed by atoms with E-state index in [1.54, 1.807) is 0 Å². The lowest BCUT2D eigenvalue weighted by molar-refractivity contribution is -0.384. The number of carbonyl (C=O) groups excluding carboxylic acids is 2. The Morgan fingerprint density at radius 3 is 2.16 bits per heavy atom. The molecule has 0 aliphatic heterocycles. The summed E-state index contributed by atoms with van der Waals surface area (Å²) in [6.45, 7) is 0. The van der Waals surface area contributed by atoms with Gasteiger partial charge >= 0.3 is 0 Å². The van der Waals surface area contributed by atoms with Gasteiger partial charge in [0, 0.05) is 18.6 Å². The third-order valence-electron chi connectivity index (χ3n) is 3.54. The van der Waals surface area contributed by atoms with E-state index in [1.807, 2.05) is 0 Å². The molecule has 0 aliphatic carbocycles. The van der Waals surface area contributed by atoms with E-state index in [0.717, 1.165) is 0 Å². The number of rotatable bonds is 7. The van der Waals surface area contributed by atoms with Crippen LogP contribution in [-0.4, -0.2) is 22.8 Å². The van der Waals surface area contributed by atoms with Gasteiger partial charge in [0.25, 0.3) is 5.69 Å². The standard InChI is InChI=1S/C17H16FN3O4/c18-13-5-1-12(2-6-13)10-16(22)20-15(17(19)23)9-11-3-7-14(8-4-11)21(24)25/h1-8,15H,9-10H2,(H2,19,23)(H,20,22)/t15-/m1/s1. The molecule has 0 unspecified atom stereocenters. The van der Waals surface area contributed by atoms with Gasteiger partial charge in [-0.2, -0.15) is 0 Å². The molecule has 130 valence electrons. The summed E-state index contributed by atoms with van der Waals surface area (Å²) in [7, 11) is 0. The van der Waals surface area contributed by atoms with Crippen LogP contribution in [0, 0.1) is 15.9 Å². The van der Waals surface area contributed by atoms with Crippen LogP contribution in [0.1, 0.15) is 11.1 Å². The molecule has 2 amide bonds. The quantitative estimate of drug-likeness (QED) is 0.584. The Morgan fingerprint density at radius 1 is 1.08 bits per heavy atom. The third-order valence-corrected chi connectivity index (χ3v) is 3.54. The number of nitrogens with zero attached hydrogens (tertiary/aromatic N) is 1. The Hall–Kier alpha value is -3.29. The first kappa shape index (κ1) is 18.1. The molecule has 0 saturated heterocycles. The maximum absolute atomic E-state index is 12.9. The Morgan fingerprint density at radius 2 is 1.64 bits per heavy atom. The Bertz CT molecular complexity index is 775. The number of hydrogen-bond acceptors (Lipinski definition) is 4. The van der Waals surface area contributed by atoms with Gasteiger partial charge in [0.05, 0.1) is 11.3 Å². The number of benzene rings is 2. The Balaban J connectivity index is 2.00. The van der Waals surface area contributed by atoms with Crippen molar-refractivity contribution >= 4 is 17.5 Å². The van der Waals surface area contributed by atoms with Crippen LogP contribution in [0.5, 0.6) is 0 Å². The molecular weight excluding hydrogens is 329 g/mol. The molecule has 1 atom stereocenters. The summed E-state index contributed by atoms with van der Waals surface area (Å²) in [6, 6.07) is 10.1. The molecule has 0 radical (unpaired) electrons. The zero-order valence-electron chi connectivity index (χ0n) is 13.1. The molecule has 2 aromatic rings. The minimum absolute atomic E-state index is 0.0235. The minimum Gasteiger partial charge on any atom is -0.368 e. The number of primary amides is 1. The number of halogens is 1. The summed E-state index contributed by atoms with van der Waals surface area (Å²) >= 11 is 0. The van der Waals surface area contributed by atoms with Crippen molar-refractivity contribution in [3.8, 4) is 0 Å². The van der Waals surface area contributed by atoms with E-state index >= 15 is 0 Å². The van der Waals surface area contributed by atoms with Crippen molar-refractivity contribution in [1.29, 1.82) is 0 Å². The molecule has 25 heavy (non-hydrogen) atoms. The second-order valence-electron chi connectivity index (χ2n) is 5.45. The summed E-state index contributed by atoms with van der Waals surface area (Å²) < 4.78 is 12.9. The monoisotopic (exact) mass is 345 g/mol. The predicted molar refractivity (Wildman–Crippen MR) is 88.0 cm³/mol. The first-order valence-corrected chi connectivity index (χ1v) is 7.41. The molecule has 0 saturated carbocycles. The molecular formula is C17H16FN3O4. The Labute approximate surface area is 142 Å². The molecule has 0 fully saturated rings. The number of nitro benzene ring substituents is 1. The first-order valence-electron chi connectivity index (χ1n) is 7.41. The topological polar surface area (TPSA) is 115 Å². The van der Waals surface area contributed by atoms with Crippen molar-refractivity contribution in [1.82, 2.24) is 5.32 Å². The van der Waals surface area contributed by atoms with Gasteiger partial charge < -0.3 is 11.1 Å². The SMILES string of the molecule is NC(=O)[C@@H](Cc1ccc([N+](=O)[O-])cc1)NC(=O)Cc1ccc(F)cc1. The van der Waals surface area contributed by atoms with Crippen LogP contribution in [0.4, 0.5) is 10.1 Å². The number of hydrogen-bond donors (Lipinski definition) is 2. The van der Waals surface area contributed by atoms with E-state index in [1.165, 1.54) is 48.5 Å². The van der Waals surface area contributed by atoms with Crippen molar-refractivity contribution < 1.29 is 18.9 Å². The van der Waals surface area contributed by atoms with E-state index < -0.39 is 28.6 Å². The number of nitrogens with one attached hydrogen (secondary N) is 1. The molecule has 0 aromatic heterocycles.